The number of piperidine rings is 1. The maximum Gasteiger partial charge on any atom is 0.321 e. The van der Waals surface area contributed by atoms with Crippen molar-refractivity contribution in [1.29, 1.82) is 0 Å². The molecular formula is C23H27N3O2. The van der Waals surface area contributed by atoms with Gasteiger partial charge in [0.1, 0.15) is 0 Å². The molecule has 2 heterocycles. The van der Waals surface area contributed by atoms with Gasteiger partial charge in [0.2, 0.25) is 5.91 Å². The zero-order valence-electron chi connectivity index (χ0n) is 16.4. The second-order valence-corrected chi connectivity index (χ2v) is 7.81. The van der Waals surface area contributed by atoms with Gasteiger partial charge in [-0.3, -0.25) is 4.79 Å². The monoisotopic (exact) mass is 377 g/mol. The fourth-order valence-electron chi connectivity index (χ4n) is 4.26. The molecule has 2 aliphatic heterocycles. The van der Waals surface area contributed by atoms with Gasteiger partial charge in [0.25, 0.3) is 0 Å². The van der Waals surface area contributed by atoms with Gasteiger partial charge in [0.15, 0.2) is 0 Å². The normalized spacial score (nSPS) is 19.1. The summed E-state index contributed by atoms with van der Waals surface area (Å²) < 4.78 is 0. The lowest BCUT2D eigenvalue weighted by molar-refractivity contribution is -0.123. The number of anilines is 2. The number of nitrogens with zero attached hydrogens (tertiary/aromatic N) is 2. The number of likely N-dealkylation sites (tertiary alicyclic amines) is 1. The van der Waals surface area contributed by atoms with Crippen LogP contribution >= 0.6 is 0 Å². The van der Waals surface area contributed by atoms with Crippen LogP contribution < -0.4 is 10.2 Å². The molecule has 0 spiro atoms. The number of hydrogen-bond acceptors (Lipinski definition) is 2. The molecule has 2 aromatic carbocycles. The second kappa shape index (κ2) is 8.05. The molecule has 1 fully saturated rings. The van der Waals surface area contributed by atoms with Crippen molar-refractivity contribution in [1.82, 2.24) is 4.90 Å². The minimum atomic E-state index is -0.137. The number of urea groups is 1. The summed E-state index contributed by atoms with van der Waals surface area (Å²) in [7, 11) is 0. The predicted molar refractivity (Wildman–Crippen MR) is 112 cm³/mol. The Balaban J connectivity index is 1.45. The third-order valence-corrected chi connectivity index (χ3v) is 5.70. The van der Waals surface area contributed by atoms with Crippen molar-refractivity contribution in [3.63, 3.8) is 0 Å². The lowest BCUT2D eigenvalue weighted by Crippen LogP contribution is -2.49. The number of para-hydroxylation sites is 1. The van der Waals surface area contributed by atoms with Crippen LogP contribution in [-0.2, 0) is 11.2 Å². The highest BCUT2D eigenvalue weighted by Crippen LogP contribution is 2.31. The average molecular weight is 377 g/mol. The van der Waals surface area contributed by atoms with Crippen LogP contribution in [0.25, 0.3) is 0 Å². The Kier molecular flexibility index (Phi) is 5.33. The van der Waals surface area contributed by atoms with Crippen LogP contribution in [0.5, 0.6) is 0 Å². The van der Waals surface area contributed by atoms with E-state index < -0.39 is 0 Å². The number of nitrogens with one attached hydrogen (secondary N) is 1. The van der Waals surface area contributed by atoms with E-state index in [0.29, 0.717) is 13.1 Å². The number of benzene rings is 2. The highest BCUT2D eigenvalue weighted by Gasteiger charge is 2.33. The lowest BCUT2D eigenvalue weighted by atomic mass is 9.93. The highest BCUT2D eigenvalue weighted by molar-refractivity contribution is 5.97. The fraction of sp³-hybridized carbons (Fsp3) is 0.391. The maximum absolute atomic E-state index is 13.3. The molecule has 28 heavy (non-hydrogen) atoms. The fourth-order valence-corrected chi connectivity index (χ4v) is 4.26. The first kappa shape index (κ1) is 18.5. The van der Waals surface area contributed by atoms with E-state index in [2.05, 4.69) is 30.4 Å². The van der Waals surface area contributed by atoms with Gasteiger partial charge in [-0.2, -0.15) is 0 Å². The van der Waals surface area contributed by atoms with E-state index >= 15 is 0 Å². The molecule has 0 aliphatic carbocycles. The average Bonchev–Trinajstić information content (AvgIpc) is 2.73. The summed E-state index contributed by atoms with van der Waals surface area (Å²) in [5.74, 6) is 0.0181. The van der Waals surface area contributed by atoms with Gasteiger partial charge in [0.05, 0.1) is 5.92 Å². The number of amides is 3. The van der Waals surface area contributed by atoms with Gasteiger partial charge in [-0.05, 0) is 56.4 Å². The first-order chi connectivity index (χ1) is 13.6. The Morgan fingerprint density at radius 3 is 2.68 bits per heavy atom. The van der Waals surface area contributed by atoms with Crippen molar-refractivity contribution < 1.29 is 9.59 Å². The third-order valence-electron chi connectivity index (χ3n) is 5.70. The van der Waals surface area contributed by atoms with E-state index in [1.54, 1.807) is 4.90 Å². The molecule has 4 rings (SSSR count). The Hall–Kier alpha value is -2.82. The Bertz CT molecular complexity index is 865. The second-order valence-electron chi connectivity index (χ2n) is 7.81. The topological polar surface area (TPSA) is 52.7 Å². The summed E-state index contributed by atoms with van der Waals surface area (Å²) in [5, 5.41) is 2.93. The van der Waals surface area contributed by atoms with Crippen molar-refractivity contribution in [2.75, 3.05) is 29.9 Å². The van der Waals surface area contributed by atoms with Gasteiger partial charge in [-0.1, -0.05) is 35.9 Å². The molecule has 146 valence electrons. The molecule has 1 unspecified atom stereocenters. The van der Waals surface area contributed by atoms with Gasteiger partial charge in [-0.15, -0.1) is 0 Å². The van der Waals surface area contributed by atoms with E-state index in [-0.39, 0.29) is 17.9 Å². The summed E-state index contributed by atoms with van der Waals surface area (Å²) in [5.41, 5.74) is 4.32. The summed E-state index contributed by atoms with van der Waals surface area (Å²) in [6, 6.07) is 15.7. The molecule has 0 saturated carbocycles. The molecule has 2 aromatic rings. The van der Waals surface area contributed by atoms with Crippen LogP contribution in [0.4, 0.5) is 16.2 Å². The molecule has 0 bridgehead atoms. The zero-order chi connectivity index (χ0) is 19.5. The molecular weight excluding hydrogens is 350 g/mol. The minimum Gasteiger partial charge on any atom is -0.324 e. The van der Waals surface area contributed by atoms with Crippen molar-refractivity contribution in [3.8, 4) is 0 Å². The smallest absolute Gasteiger partial charge is 0.321 e. The Labute approximate surface area is 166 Å². The van der Waals surface area contributed by atoms with Crippen molar-refractivity contribution >= 4 is 23.3 Å². The molecule has 0 aromatic heterocycles. The van der Waals surface area contributed by atoms with Crippen molar-refractivity contribution in [2.24, 2.45) is 5.92 Å². The minimum absolute atomic E-state index is 0.127. The molecule has 5 heteroatoms. The highest BCUT2D eigenvalue weighted by atomic mass is 16.2. The molecule has 2 aliphatic rings. The summed E-state index contributed by atoms with van der Waals surface area (Å²) in [6.45, 7) is 4.03. The van der Waals surface area contributed by atoms with Crippen LogP contribution in [0.15, 0.2) is 48.5 Å². The SMILES string of the molecule is Cc1ccc2c(c1)CCCN2C(=O)C1CCCN(C(=O)Nc2ccccc2)C1. The van der Waals surface area contributed by atoms with Crippen LogP contribution in [0.1, 0.15) is 30.4 Å². The number of fused-ring (bicyclic) bond motifs is 1. The number of rotatable bonds is 2. The quantitative estimate of drug-likeness (QED) is 0.852. The number of carbonyl (C=O) groups excluding carboxylic acids is 2. The van der Waals surface area contributed by atoms with E-state index in [0.717, 1.165) is 43.6 Å². The summed E-state index contributed by atoms with van der Waals surface area (Å²) in [4.78, 5) is 29.7. The van der Waals surface area contributed by atoms with E-state index in [1.807, 2.05) is 35.2 Å². The third kappa shape index (κ3) is 3.88. The first-order valence-corrected chi connectivity index (χ1v) is 10.1. The lowest BCUT2D eigenvalue weighted by Gasteiger charge is -2.37. The van der Waals surface area contributed by atoms with Gasteiger partial charge in [-0.25, -0.2) is 4.79 Å². The molecule has 1 atom stereocenters. The molecule has 1 N–H and O–H groups in total. The first-order valence-electron chi connectivity index (χ1n) is 10.1. The predicted octanol–water partition coefficient (Wildman–Crippen LogP) is 4.22. The van der Waals surface area contributed by atoms with Crippen molar-refractivity contribution in [3.05, 3.63) is 59.7 Å². The van der Waals surface area contributed by atoms with Crippen LogP contribution in [0.2, 0.25) is 0 Å². The van der Waals surface area contributed by atoms with Gasteiger partial charge in [0, 0.05) is 31.0 Å². The summed E-state index contributed by atoms with van der Waals surface area (Å²) in [6.07, 6.45) is 3.71. The maximum atomic E-state index is 13.3. The Morgan fingerprint density at radius 2 is 1.86 bits per heavy atom. The van der Waals surface area contributed by atoms with E-state index in [4.69, 9.17) is 0 Å². The largest absolute Gasteiger partial charge is 0.324 e. The van der Waals surface area contributed by atoms with E-state index in [9.17, 15) is 9.59 Å². The van der Waals surface area contributed by atoms with Gasteiger partial charge < -0.3 is 15.1 Å². The standard InChI is InChI=1S/C23H27N3O2/c1-17-11-12-21-18(15-17)7-6-14-26(21)22(27)19-8-5-13-25(16-19)23(28)24-20-9-3-2-4-10-20/h2-4,9-12,15,19H,5-8,13-14,16H2,1H3,(H,24,28). The zero-order valence-corrected chi connectivity index (χ0v) is 16.4. The van der Waals surface area contributed by atoms with Gasteiger partial charge >= 0.3 is 6.03 Å². The number of carbonyl (C=O) groups is 2. The number of hydrogen-bond donors (Lipinski definition) is 1. The van der Waals surface area contributed by atoms with Crippen LogP contribution in [0, 0.1) is 12.8 Å². The van der Waals surface area contributed by atoms with Crippen LogP contribution in [-0.4, -0.2) is 36.5 Å². The summed E-state index contributed by atoms with van der Waals surface area (Å²) >= 11 is 0. The molecule has 0 radical (unpaired) electrons. The molecule has 5 nitrogen and oxygen atoms in total. The van der Waals surface area contributed by atoms with E-state index in [1.165, 1.54) is 11.1 Å². The molecule has 3 amide bonds. The molecule has 1 saturated heterocycles. The van der Waals surface area contributed by atoms with Crippen molar-refractivity contribution in [2.45, 2.75) is 32.6 Å². The Morgan fingerprint density at radius 1 is 1.04 bits per heavy atom. The number of aryl methyl sites for hydroxylation is 2. The van der Waals surface area contributed by atoms with Crippen LogP contribution in [0.3, 0.4) is 0 Å².